The van der Waals surface area contributed by atoms with Gasteiger partial charge in [0.05, 0.1) is 0 Å². The molecule has 0 amide bonds. The average Bonchev–Trinajstić information content (AvgIpc) is 2.44. The molecule has 0 aromatic carbocycles. The zero-order valence-corrected chi connectivity index (χ0v) is 14.3. The Morgan fingerprint density at radius 1 is 0.579 bits per heavy atom. The molecule has 0 N–H and O–H groups in total. The molecule has 0 radical (unpaired) electrons. The third kappa shape index (κ3) is 12.8. The molecule has 0 aliphatic carbocycles. The largest absolute Gasteiger partial charge is 0.0654 e. The van der Waals surface area contributed by atoms with E-state index in [1.54, 1.807) is 0 Å². The molecule has 0 aromatic rings. The molecular weight excluding hydrogens is 228 g/mol. The van der Waals surface area contributed by atoms with E-state index < -0.39 is 0 Å². The van der Waals surface area contributed by atoms with Crippen molar-refractivity contribution in [1.82, 2.24) is 0 Å². The lowest BCUT2D eigenvalue weighted by molar-refractivity contribution is 0.363. The summed E-state index contributed by atoms with van der Waals surface area (Å²) < 4.78 is 0. The molecule has 0 aliphatic rings. The van der Waals surface area contributed by atoms with Gasteiger partial charge in [-0.1, -0.05) is 111 Å². The van der Waals surface area contributed by atoms with Crippen molar-refractivity contribution in [3.8, 4) is 0 Å². The fraction of sp³-hybridized carbons (Fsp3) is 1.00. The molecule has 19 heavy (non-hydrogen) atoms. The molecule has 0 saturated heterocycles. The van der Waals surface area contributed by atoms with Crippen LogP contribution in [0.5, 0.6) is 0 Å². The zero-order valence-electron chi connectivity index (χ0n) is 14.3. The Balaban J connectivity index is 3.36. The molecule has 0 saturated carbocycles. The van der Waals surface area contributed by atoms with E-state index in [2.05, 4.69) is 27.7 Å². The summed E-state index contributed by atoms with van der Waals surface area (Å²) in [4.78, 5) is 0. The van der Waals surface area contributed by atoms with E-state index in [4.69, 9.17) is 0 Å². The normalized spacial score (nSPS) is 14.5. The SMILES string of the molecule is CCCCCCCCCCC(CC)CCC(C)CC. The Hall–Kier alpha value is 0. The van der Waals surface area contributed by atoms with Crippen LogP contribution in [0.3, 0.4) is 0 Å². The Morgan fingerprint density at radius 2 is 1.16 bits per heavy atom. The van der Waals surface area contributed by atoms with Crippen LogP contribution in [-0.4, -0.2) is 0 Å². The zero-order chi connectivity index (χ0) is 14.3. The Labute approximate surface area is 123 Å². The predicted molar refractivity (Wildman–Crippen MR) is 89.7 cm³/mol. The second kappa shape index (κ2) is 14.4. The summed E-state index contributed by atoms with van der Waals surface area (Å²) >= 11 is 0. The van der Waals surface area contributed by atoms with Gasteiger partial charge in [0.1, 0.15) is 0 Å². The Kier molecular flexibility index (Phi) is 14.4. The Bertz CT molecular complexity index is 161. The summed E-state index contributed by atoms with van der Waals surface area (Å²) in [5.41, 5.74) is 0. The molecule has 2 unspecified atom stereocenters. The summed E-state index contributed by atoms with van der Waals surface area (Å²) in [6.45, 7) is 9.41. The Morgan fingerprint density at radius 3 is 1.68 bits per heavy atom. The van der Waals surface area contributed by atoms with Crippen molar-refractivity contribution in [2.75, 3.05) is 0 Å². The molecular formula is C19H40. The van der Waals surface area contributed by atoms with Crippen LogP contribution in [0, 0.1) is 11.8 Å². The van der Waals surface area contributed by atoms with Gasteiger partial charge in [-0.25, -0.2) is 0 Å². The minimum absolute atomic E-state index is 0.938. The number of hydrogen-bond acceptors (Lipinski definition) is 0. The summed E-state index contributed by atoms with van der Waals surface area (Å²) in [5, 5.41) is 0. The molecule has 0 heterocycles. The lowest BCUT2D eigenvalue weighted by Crippen LogP contribution is -2.02. The number of hydrogen-bond donors (Lipinski definition) is 0. The second-order valence-corrected chi connectivity index (χ2v) is 6.63. The van der Waals surface area contributed by atoms with Crippen LogP contribution in [0.4, 0.5) is 0 Å². The number of unbranched alkanes of at least 4 members (excludes halogenated alkanes) is 7. The maximum absolute atomic E-state index is 2.41. The third-order valence-corrected chi connectivity index (χ3v) is 4.81. The minimum Gasteiger partial charge on any atom is -0.0654 e. The van der Waals surface area contributed by atoms with Crippen molar-refractivity contribution in [1.29, 1.82) is 0 Å². The first kappa shape index (κ1) is 19.0. The molecule has 0 nitrogen and oxygen atoms in total. The highest BCUT2D eigenvalue weighted by Gasteiger charge is 2.08. The van der Waals surface area contributed by atoms with Gasteiger partial charge in [0, 0.05) is 0 Å². The standard InChI is InChI=1S/C19H40/c1-5-8-9-10-11-12-13-14-15-19(7-3)17-16-18(4)6-2/h18-19H,5-17H2,1-4H3. The van der Waals surface area contributed by atoms with Crippen LogP contribution in [0.25, 0.3) is 0 Å². The highest BCUT2D eigenvalue weighted by atomic mass is 14.1. The fourth-order valence-corrected chi connectivity index (χ4v) is 2.84. The van der Waals surface area contributed by atoms with Gasteiger partial charge in [0.2, 0.25) is 0 Å². The minimum atomic E-state index is 0.938. The first-order valence-electron chi connectivity index (χ1n) is 9.24. The number of rotatable bonds is 14. The molecule has 0 spiro atoms. The second-order valence-electron chi connectivity index (χ2n) is 6.63. The summed E-state index contributed by atoms with van der Waals surface area (Å²) in [7, 11) is 0. The lowest BCUT2D eigenvalue weighted by atomic mass is 9.89. The van der Waals surface area contributed by atoms with E-state index in [1.165, 1.54) is 83.5 Å². The first-order chi connectivity index (χ1) is 9.24. The van der Waals surface area contributed by atoms with E-state index in [1.807, 2.05) is 0 Å². The van der Waals surface area contributed by atoms with Crippen LogP contribution >= 0.6 is 0 Å². The highest BCUT2D eigenvalue weighted by Crippen LogP contribution is 2.23. The molecule has 0 aliphatic heterocycles. The maximum Gasteiger partial charge on any atom is -0.0417 e. The van der Waals surface area contributed by atoms with Gasteiger partial charge < -0.3 is 0 Å². The van der Waals surface area contributed by atoms with Gasteiger partial charge >= 0.3 is 0 Å². The van der Waals surface area contributed by atoms with Crippen LogP contribution < -0.4 is 0 Å². The monoisotopic (exact) mass is 268 g/mol. The summed E-state index contributed by atoms with van der Waals surface area (Å²) in [5.74, 6) is 1.95. The van der Waals surface area contributed by atoms with E-state index in [-0.39, 0.29) is 0 Å². The topological polar surface area (TPSA) is 0 Å². The van der Waals surface area contributed by atoms with Crippen molar-refractivity contribution < 1.29 is 0 Å². The van der Waals surface area contributed by atoms with Gasteiger partial charge in [-0.15, -0.1) is 0 Å². The van der Waals surface area contributed by atoms with Crippen LogP contribution in [0.15, 0.2) is 0 Å². The lowest BCUT2D eigenvalue weighted by Gasteiger charge is -2.17. The van der Waals surface area contributed by atoms with Crippen molar-refractivity contribution >= 4 is 0 Å². The summed E-state index contributed by atoms with van der Waals surface area (Å²) in [6.07, 6.45) is 18.8. The van der Waals surface area contributed by atoms with Gasteiger partial charge in [-0.05, 0) is 11.8 Å². The third-order valence-electron chi connectivity index (χ3n) is 4.81. The van der Waals surface area contributed by atoms with Crippen LogP contribution in [0.1, 0.15) is 111 Å². The van der Waals surface area contributed by atoms with E-state index in [0.717, 1.165) is 11.8 Å². The van der Waals surface area contributed by atoms with Crippen LogP contribution in [-0.2, 0) is 0 Å². The fourth-order valence-electron chi connectivity index (χ4n) is 2.84. The van der Waals surface area contributed by atoms with Crippen molar-refractivity contribution in [2.24, 2.45) is 11.8 Å². The van der Waals surface area contributed by atoms with Crippen molar-refractivity contribution in [3.63, 3.8) is 0 Å². The van der Waals surface area contributed by atoms with Gasteiger partial charge in [0.25, 0.3) is 0 Å². The van der Waals surface area contributed by atoms with E-state index in [9.17, 15) is 0 Å². The quantitative estimate of drug-likeness (QED) is 0.288. The van der Waals surface area contributed by atoms with Crippen molar-refractivity contribution in [2.45, 2.75) is 111 Å². The molecule has 2 atom stereocenters. The molecule has 0 fully saturated rings. The maximum atomic E-state index is 2.41. The summed E-state index contributed by atoms with van der Waals surface area (Å²) in [6, 6.07) is 0. The van der Waals surface area contributed by atoms with Gasteiger partial charge in [-0.2, -0.15) is 0 Å². The molecule has 0 aromatic heterocycles. The molecule has 0 rings (SSSR count). The molecule has 0 bridgehead atoms. The van der Waals surface area contributed by atoms with Gasteiger partial charge in [-0.3, -0.25) is 0 Å². The van der Waals surface area contributed by atoms with Crippen molar-refractivity contribution in [3.05, 3.63) is 0 Å². The van der Waals surface area contributed by atoms with E-state index >= 15 is 0 Å². The highest BCUT2D eigenvalue weighted by molar-refractivity contribution is 4.61. The van der Waals surface area contributed by atoms with E-state index in [0.29, 0.717) is 0 Å². The van der Waals surface area contributed by atoms with Gasteiger partial charge in [0.15, 0.2) is 0 Å². The molecule has 0 heteroatoms. The van der Waals surface area contributed by atoms with Crippen LogP contribution in [0.2, 0.25) is 0 Å². The predicted octanol–water partition coefficient (Wildman–Crippen LogP) is 7.37. The molecule has 116 valence electrons. The first-order valence-corrected chi connectivity index (χ1v) is 9.24. The average molecular weight is 269 g/mol. The smallest absolute Gasteiger partial charge is 0.0417 e.